The molecule has 27 heavy (non-hydrogen) atoms. The lowest BCUT2D eigenvalue weighted by molar-refractivity contribution is -0.140. The molecule has 0 aliphatic carbocycles. The number of allylic oxidation sites excluding steroid dienone is 2. The van der Waals surface area contributed by atoms with E-state index in [2.05, 4.69) is 24.3 Å². The maximum Gasteiger partial charge on any atom is 0.310 e. The maximum atomic E-state index is 11.5. The number of aliphatic carboxylic acids is 1. The Hall–Kier alpha value is -2.63. The number of carboxylic acids is 1. The van der Waals surface area contributed by atoms with E-state index in [1.807, 2.05) is 30.3 Å². The van der Waals surface area contributed by atoms with Crippen molar-refractivity contribution in [2.45, 2.75) is 29.6 Å². The van der Waals surface area contributed by atoms with Gasteiger partial charge in [-0.25, -0.2) is 0 Å². The zero-order valence-electron chi connectivity index (χ0n) is 14.7. The molecule has 0 bridgehead atoms. The van der Waals surface area contributed by atoms with Crippen molar-refractivity contribution < 1.29 is 19.8 Å². The molecule has 2 aromatic rings. The number of hydrogen-bond acceptors (Lipinski definition) is 4. The van der Waals surface area contributed by atoms with Gasteiger partial charge < -0.3 is 10.2 Å². The number of hydrogen-bond donors (Lipinski definition) is 2. The summed E-state index contributed by atoms with van der Waals surface area (Å²) >= 11 is 1.80. The second-order valence-corrected chi connectivity index (χ2v) is 7.31. The molecule has 0 saturated carbocycles. The number of benzene rings is 2. The highest BCUT2D eigenvalue weighted by atomic mass is 32.2. The van der Waals surface area contributed by atoms with Crippen LogP contribution < -0.4 is 0 Å². The van der Waals surface area contributed by atoms with E-state index in [-0.39, 0.29) is 6.42 Å². The zero-order valence-corrected chi connectivity index (χ0v) is 15.5. The topological polar surface area (TPSA) is 74.6 Å². The number of aliphatic hydroxyl groups excluding tert-OH is 1. The van der Waals surface area contributed by atoms with E-state index in [1.54, 1.807) is 17.8 Å². The molecule has 1 atom stereocenters. The van der Waals surface area contributed by atoms with Crippen LogP contribution in [-0.2, 0) is 15.3 Å². The second-order valence-electron chi connectivity index (χ2n) is 6.29. The Balaban J connectivity index is 1.86. The monoisotopic (exact) mass is 380 g/mol. The summed E-state index contributed by atoms with van der Waals surface area (Å²) in [4.78, 5) is 23.3. The number of rotatable bonds is 6. The molecule has 0 saturated heterocycles. The molecule has 1 heterocycles. The largest absolute Gasteiger partial charge is 0.481 e. The van der Waals surface area contributed by atoms with Gasteiger partial charge in [0, 0.05) is 17.1 Å². The van der Waals surface area contributed by atoms with E-state index >= 15 is 0 Å². The van der Waals surface area contributed by atoms with Gasteiger partial charge >= 0.3 is 5.97 Å². The molecule has 0 aromatic heterocycles. The highest BCUT2D eigenvalue weighted by Crippen LogP contribution is 2.39. The lowest BCUT2D eigenvalue weighted by Crippen LogP contribution is -2.14. The van der Waals surface area contributed by atoms with Crippen LogP contribution in [0.5, 0.6) is 0 Å². The number of aliphatic hydroxyl groups is 1. The van der Waals surface area contributed by atoms with E-state index in [1.165, 1.54) is 16.5 Å². The van der Waals surface area contributed by atoms with Crippen molar-refractivity contribution in [3.8, 4) is 0 Å². The van der Waals surface area contributed by atoms with Gasteiger partial charge in [-0.15, -0.1) is 11.8 Å². The molecule has 3 rings (SSSR count). The second kappa shape index (κ2) is 8.84. The lowest BCUT2D eigenvalue weighted by Gasteiger charge is -2.10. The highest BCUT2D eigenvalue weighted by Gasteiger charge is 2.17. The third kappa shape index (κ3) is 4.96. The number of fused-ring (bicyclic) bond motifs is 2. The summed E-state index contributed by atoms with van der Waals surface area (Å²) in [7, 11) is 0. The molecule has 4 nitrogen and oxygen atoms in total. The van der Waals surface area contributed by atoms with Gasteiger partial charge in [-0.1, -0.05) is 60.7 Å². The first-order chi connectivity index (χ1) is 13.0. The summed E-state index contributed by atoms with van der Waals surface area (Å²) < 4.78 is 0. The molecule has 138 valence electrons. The Kier molecular flexibility index (Phi) is 6.27. The molecule has 2 N–H and O–H groups in total. The van der Waals surface area contributed by atoms with Crippen molar-refractivity contribution in [1.82, 2.24) is 0 Å². The van der Waals surface area contributed by atoms with Gasteiger partial charge in [-0.2, -0.15) is 0 Å². The molecule has 1 aliphatic rings. The van der Waals surface area contributed by atoms with E-state index in [4.69, 9.17) is 5.11 Å². The predicted molar refractivity (Wildman–Crippen MR) is 107 cm³/mol. The molecular weight excluding hydrogens is 360 g/mol. The predicted octanol–water partition coefficient (Wildman–Crippen LogP) is 4.08. The van der Waals surface area contributed by atoms with Gasteiger partial charge in [0.05, 0.1) is 6.10 Å². The number of carboxylic acid groups (broad SMARTS) is 1. The minimum absolute atomic E-state index is 0.199. The number of ketones is 1. The number of thioether (sulfide) groups is 1. The SMILES string of the molecule is O=C(O)CC(=O)CC(O)/C=C/C=C1/c2ccccc2CSc2ccccc21. The Morgan fingerprint density at radius 2 is 1.78 bits per heavy atom. The highest BCUT2D eigenvalue weighted by molar-refractivity contribution is 7.98. The average molecular weight is 380 g/mol. The minimum atomic E-state index is -1.18. The Bertz CT molecular complexity index is 865. The number of carbonyl (C=O) groups is 2. The summed E-state index contributed by atoms with van der Waals surface area (Å²) in [6.45, 7) is 0. The van der Waals surface area contributed by atoms with Crippen molar-refractivity contribution in [2.24, 2.45) is 0 Å². The minimum Gasteiger partial charge on any atom is -0.481 e. The Morgan fingerprint density at radius 3 is 2.56 bits per heavy atom. The zero-order chi connectivity index (χ0) is 19.2. The van der Waals surface area contributed by atoms with Crippen LogP contribution in [0.2, 0.25) is 0 Å². The van der Waals surface area contributed by atoms with Gasteiger partial charge in [-0.05, 0) is 28.3 Å². The smallest absolute Gasteiger partial charge is 0.310 e. The summed E-state index contributed by atoms with van der Waals surface area (Å²) in [6.07, 6.45) is 3.43. The normalized spacial score (nSPS) is 15.8. The van der Waals surface area contributed by atoms with Gasteiger partial charge in [0.25, 0.3) is 0 Å². The molecule has 1 unspecified atom stereocenters. The summed E-state index contributed by atoms with van der Waals surface area (Å²) in [6, 6.07) is 16.4. The van der Waals surface area contributed by atoms with Crippen LogP contribution in [0.1, 0.15) is 29.5 Å². The summed E-state index contributed by atoms with van der Waals surface area (Å²) in [5.74, 6) is -0.781. The molecule has 0 spiro atoms. The third-order valence-corrected chi connectivity index (χ3v) is 5.37. The fourth-order valence-electron chi connectivity index (χ4n) is 3.03. The van der Waals surface area contributed by atoms with Crippen molar-refractivity contribution in [3.63, 3.8) is 0 Å². The van der Waals surface area contributed by atoms with Gasteiger partial charge in [0.15, 0.2) is 0 Å². The fourth-order valence-corrected chi connectivity index (χ4v) is 4.10. The van der Waals surface area contributed by atoms with Crippen molar-refractivity contribution in [2.75, 3.05) is 0 Å². The quantitative estimate of drug-likeness (QED) is 0.739. The Morgan fingerprint density at radius 1 is 1.07 bits per heavy atom. The van der Waals surface area contributed by atoms with Gasteiger partial charge in [0.2, 0.25) is 0 Å². The molecular formula is C22H20O4S. The van der Waals surface area contributed by atoms with Crippen LogP contribution >= 0.6 is 11.8 Å². The lowest BCUT2D eigenvalue weighted by atomic mass is 9.94. The molecule has 0 amide bonds. The van der Waals surface area contributed by atoms with Crippen molar-refractivity contribution >= 4 is 29.1 Å². The van der Waals surface area contributed by atoms with Crippen LogP contribution in [0.3, 0.4) is 0 Å². The van der Waals surface area contributed by atoms with E-state index in [9.17, 15) is 14.7 Å². The third-order valence-electron chi connectivity index (χ3n) is 4.25. The average Bonchev–Trinajstić information content (AvgIpc) is 2.78. The van der Waals surface area contributed by atoms with Crippen LogP contribution in [0.25, 0.3) is 5.57 Å². The maximum absolute atomic E-state index is 11.5. The molecule has 5 heteroatoms. The van der Waals surface area contributed by atoms with Crippen molar-refractivity contribution in [1.29, 1.82) is 0 Å². The molecule has 1 aliphatic heterocycles. The summed E-state index contributed by atoms with van der Waals surface area (Å²) in [5, 5.41) is 18.6. The van der Waals surface area contributed by atoms with Gasteiger partial charge in [-0.3, -0.25) is 9.59 Å². The molecule has 2 aromatic carbocycles. The first-order valence-corrected chi connectivity index (χ1v) is 9.63. The first-order valence-electron chi connectivity index (χ1n) is 8.65. The van der Waals surface area contributed by atoms with Crippen LogP contribution in [0.4, 0.5) is 0 Å². The van der Waals surface area contributed by atoms with Crippen molar-refractivity contribution in [3.05, 3.63) is 83.4 Å². The standard InChI is InChI=1S/C22H20O4S/c23-16(12-17(24)13-22(25)26)7-5-10-19-18-8-2-1-6-15(18)14-27-21-11-4-3-9-20(19)21/h1-11,16,23H,12-14H2,(H,25,26)/b7-5+,19-10-. The number of Topliss-reactive ketones (excluding diaryl/α,β-unsaturated/α-hetero) is 1. The number of carbonyl (C=O) groups excluding carboxylic acids is 1. The molecule has 0 radical (unpaired) electrons. The van der Waals surface area contributed by atoms with E-state index in [0.717, 1.165) is 22.5 Å². The first kappa shape index (κ1) is 19.1. The fraction of sp³-hybridized carbons (Fsp3) is 0.182. The van der Waals surface area contributed by atoms with Crippen LogP contribution in [-0.4, -0.2) is 28.1 Å². The van der Waals surface area contributed by atoms with Gasteiger partial charge in [0.1, 0.15) is 12.2 Å². The van der Waals surface area contributed by atoms with Crippen LogP contribution in [0.15, 0.2) is 71.7 Å². The van der Waals surface area contributed by atoms with E-state index < -0.39 is 24.3 Å². The van der Waals surface area contributed by atoms with Crippen LogP contribution in [0, 0.1) is 0 Å². The van der Waals surface area contributed by atoms with E-state index in [0.29, 0.717) is 0 Å². The Labute approximate surface area is 162 Å². The summed E-state index contributed by atoms with van der Waals surface area (Å²) in [5.41, 5.74) is 4.59. The molecule has 0 fully saturated rings.